The van der Waals surface area contributed by atoms with E-state index in [0.29, 0.717) is 0 Å². The number of anilines is 1. The van der Waals surface area contributed by atoms with Gasteiger partial charge in [0.25, 0.3) is 0 Å². The first-order valence-electron chi connectivity index (χ1n) is 8.19. The Labute approximate surface area is 136 Å². The van der Waals surface area contributed by atoms with Crippen LogP contribution in [0.2, 0.25) is 0 Å². The molecule has 1 aliphatic rings. The molecule has 5 nitrogen and oxygen atoms in total. The van der Waals surface area contributed by atoms with Crippen molar-refractivity contribution in [1.82, 2.24) is 19.9 Å². The van der Waals surface area contributed by atoms with Crippen LogP contribution >= 0.6 is 0 Å². The summed E-state index contributed by atoms with van der Waals surface area (Å²) >= 11 is 0. The number of fused-ring (bicyclic) bond motifs is 1. The fourth-order valence-electron chi connectivity index (χ4n) is 3.29. The molecule has 0 amide bonds. The summed E-state index contributed by atoms with van der Waals surface area (Å²) in [6.07, 6.45) is 2.00. The second-order valence-electron chi connectivity index (χ2n) is 6.63. The summed E-state index contributed by atoms with van der Waals surface area (Å²) in [6.45, 7) is 8.63. The van der Waals surface area contributed by atoms with E-state index in [9.17, 15) is 0 Å². The van der Waals surface area contributed by atoms with E-state index in [1.165, 1.54) is 16.8 Å². The molecular formula is C18H23N5. The van der Waals surface area contributed by atoms with Gasteiger partial charge in [-0.2, -0.15) is 0 Å². The lowest BCUT2D eigenvalue weighted by atomic mass is 10.1. The minimum absolute atomic E-state index is 0.909. The third kappa shape index (κ3) is 2.61. The van der Waals surface area contributed by atoms with E-state index in [4.69, 9.17) is 4.98 Å². The number of H-pyrrole nitrogens is 2. The topological polar surface area (TPSA) is 51.0 Å². The van der Waals surface area contributed by atoms with Gasteiger partial charge in [-0.25, -0.2) is 4.98 Å². The van der Waals surface area contributed by atoms with Gasteiger partial charge in [-0.3, -0.25) is 0 Å². The molecule has 0 radical (unpaired) electrons. The molecule has 3 aromatic rings. The van der Waals surface area contributed by atoms with Gasteiger partial charge < -0.3 is 19.8 Å². The highest BCUT2D eigenvalue weighted by atomic mass is 15.2. The fraction of sp³-hybridized carbons (Fsp3) is 0.389. The van der Waals surface area contributed by atoms with Crippen molar-refractivity contribution in [2.24, 2.45) is 0 Å². The van der Waals surface area contributed by atoms with Crippen molar-refractivity contribution in [3.8, 4) is 11.5 Å². The van der Waals surface area contributed by atoms with Crippen LogP contribution in [0.1, 0.15) is 11.1 Å². The zero-order valence-corrected chi connectivity index (χ0v) is 14.0. The number of likely N-dealkylation sites (N-methyl/N-ethyl adjacent to an activating group) is 1. The Hall–Kier alpha value is -2.27. The van der Waals surface area contributed by atoms with Gasteiger partial charge >= 0.3 is 0 Å². The lowest BCUT2D eigenvalue weighted by Gasteiger charge is -2.34. The largest absolute Gasteiger partial charge is 0.369 e. The lowest BCUT2D eigenvalue weighted by molar-refractivity contribution is 0.313. The number of benzene rings is 1. The standard InChI is InChI=1S/C18H23N5/c1-12-8-16(19-11-12)18-20-15-10-14(9-13(2)17(15)21-18)23-6-4-22(3)5-7-23/h8-11,19H,4-7H2,1-3H3,(H,20,21). The number of aromatic amines is 2. The summed E-state index contributed by atoms with van der Waals surface area (Å²) in [5, 5.41) is 0. The van der Waals surface area contributed by atoms with Crippen LogP contribution in [-0.2, 0) is 0 Å². The number of hydrogen-bond donors (Lipinski definition) is 2. The Bertz CT molecular complexity index is 836. The van der Waals surface area contributed by atoms with Crippen LogP contribution < -0.4 is 4.90 Å². The fourth-order valence-corrected chi connectivity index (χ4v) is 3.29. The van der Waals surface area contributed by atoms with E-state index in [1.54, 1.807) is 0 Å². The summed E-state index contributed by atoms with van der Waals surface area (Å²) in [5.41, 5.74) is 6.95. The normalized spacial score (nSPS) is 16.4. The molecule has 2 N–H and O–H groups in total. The van der Waals surface area contributed by atoms with Crippen molar-refractivity contribution in [1.29, 1.82) is 0 Å². The third-order valence-electron chi connectivity index (χ3n) is 4.71. The number of aryl methyl sites for hydroxylation is 2. The van der Waals surface area contributed by atoms with Gasteiger partial charge in [-0.1, -0.05) is 0 Å². The van der Waals surface area contributed by atoms with Crippen LogP contribution in [0.5, 0.6) is 0 Å². The molecule has 4 rings (SSSR count). The number of rotatable bonds is 2. The van der Waals surface area contributed by atoms with E-state index in [2.05, 4.69) is 58.9 Å². The Morgan fingerprint density at radius 3 is 2.52 bits per heavy atom. The molecule has 0 unspecified atom stereocenters. The van der Waals surface area contributed by atoms with Crippen LogP contribution in [0, 0.1) is 13.8 Å². The molecule has 23 heavy (non-hydrogen) atoms. The SMILES string of the molecule is Cc1c[nH]c(-c2nc3c(C)cc(N4CCN(C)CC4)cc3[nH]2)c1. The molecule has 3 heterocycles. The molecule has 0 saturated carbocycles. The van der Waals surface area contributed by atoms with Crippen LogP contribution in [0.15, 0.2) is 24.4 Å². The smallest absolute Gasteiger partial charge is 0.154 e. The number of aromatic nitrogens is 3. The monoisotopic (exact) mass is 309 g/mol. The van der Waals surface area contributed by atoms with Crippen molar-refractivity contribution < 1.29 is 0 Å². The Morgan fingerprint density at radius 1 is 1.04 bits per heavy atom. The second-order valence-corrected chi connectivity index (χ2v) is 6.63. The molecule has 0 bridgehead atoms. The summed E-state index contributed by atoms with van der Waals surface area (Å²) < 4.78 is 0. The molecule has 0 aliphatic carbocycles. The first-order chi connectivity index (χ1) is 11.1. The summed E-state index contributed by atoms with van der Waals surface area (Å²) in [7, 11) is 2.19. The number of piperazine rings is 1. The molecule has 1 aliphatic heterocycles. The Morgan fingerprint density at radius 2 is 1.83 bits per heavy atom. The molecule has 0 spiro atoms. The van der Waals surface area contributed by atoms with E-state index in [0.717, 1.165) is 48.7 Å². The first-order valence-corrected chi connectivity index (χ1v) is 8.19. The Balaban J connectivity index is 1.72. The van der Waals surface area contributed by atoms with Gasteiger partial charge in [0.1, 0.15) is 0 Å². The molecule has 1 aromatic carbocycles. The number of nitrogens with zero attached hydrogens (tertiary/aromatic N) is 3. The van der Waals surface area contributed by atoms with Gasteiger partial charge in [-0.15, -0.1) is 0 Å². The van der Waals surface area contributed by atoms with Crippen LogP contribution in [0.3, 0.4) is 0 Å². The van der Waals surface area contributed by atoms with E-state index < -0.39 is 0 Å². The minimum Gasteiger partial charge on any atom is -0.369 e. The van der Waals surface area contributed by atoms with E-state index in [-0.39, 0.29) is 0 Å². The number of nitrogens with one attached hydrogen (secondary N) is 2. The quantitative estimate of drug-likeness (QED) is 0.765. The van der Waals surface area contributed by atoms with Crippen molar-refractivity contribution in [2.45, 2.75) is 13.8 Å². The predicted octanol–water partition coefficient (Wildman–Crippen LogP) is 2.93. The van der Waals surface area contributed by atoms with Crippen LogP contribution in [0.25, 0.3) is 22.6 Å². The van der Waals surface area contributed by atoms with Crippen molar-refractivity contribution in [3.05, 3.63) is 35.5 Å². The zero-order chi connectivity index (χ0) is 16.0. The maximum absolute atomic E-state index is 4.78. The average molecular weight is 309 g/mol. The van der Waals surface area contributed by atoms with Gasteiger partial charge in [0.2, 0.25) is 0 Å². The lowest BCUT2D eigenvalue weighted by Crippen LogP contribution is -2.44. The van der Waals surface area contributed by atoms with Crippen molar-refractivity contribution in [2.75, 3.05) is 38.1 Å². The molecule has 2 aromatic heterocycles. The highest BCUT2D eigenvalue weighted by molar-refractivity contribution is 5.85. The third-order valence-corrected chi connectivity index (χ3v) is 4.71. The molecular weight excluding hydrogens is 286 g/mol. The van der Waals surface area contributed by atoms with Gasteiger partial charge in [0.15, 0.2) is 5.82 Å². The average Bonchev–Trinajstić information content (AvgIpc) is 3.14. The molecule has 5 heteroatoms. The molecule has 0 atom stereocenters. The maximum Gasteiger partial charge on any atom is 0.154 e. The number of hydrogen-bond acceptors (Lipinski definition) is 3. The first kappa shape index (κ1) is 14.3. The highest BCUT2D eigenvalue weighted by Gasteiger charge is 2.17. The number of imidazole rings is 1. The second kappa shape index (κ2) is 5.42. The van der Waals surface area contributed by atoms with Crippen LogP contribution in [-0.4, -0.2) is 53.1 Å². The van der Waals surface area contributed by atoms with Gasteiger partial charge in [0.05, 0.1) is 16.7 Å². The minimum atomic E-state index is 0.909. The summed E-state index contributed by atoms with van der Waals surface area (Å²) in [6, 6.07) is 6.62. The van der Waals surface area contributed by atoms with E-state index >= 15 is 0 Å². The van der Waals surface area contributed by atoms with Gasteiger partial charge in [-0.05, 0) is 50.2 Å². The molecule has 1 saturated heterocycles. The Kier molecular flexibility index (Phi) is 3.38. The zero-order valence-electron chi connectivity index (χ0n) is 14.0. The maximum atomic E-state index is 4.78. The predicted molar refractivity (Wildman–Crippen MR) is 95.1 cm³/mol. The van der Waals surface area contributed by atoms with E-state index in [1.807, 2.05) is 6.20 Å². The highest BCUT2D eigenvalue weighted by Crippen LogP contribution is 2.28. The van der Waals surface area contributed by atoms with Gasteiger partial charge in [0, 0.05) is 38.1 Å². The summed E-state index contributed by atoms with van der Waals surface area (Å²) in [4.78, 5) is 16.4. The molecule has 1 fully saturated rings. The molecule has 120 valence electrons. The summed E-state index contributed by atoms with van der Waals surface area (Å²) in [5.74, 6) is 0.909. The van der Waals surface area contributed by atoms with Crippen LogP contribution in [0.4, 0.5) is 5.69 Å². The van der Waals surface area contributed by atoms with Crippen molar-refractivity contribution >= 4 is 16.7 Å². The van der Waals surface area contributed by atoms with Crippen molar-refractivity contribution in [3.63, 3.8) is 0 Å².